The van der Waals surface area contributed by atoms with Crippen molar-refractivity contribution in [3.05, 3.63) is 40.7 Å². The molecule has 0 aliphatic carbocycles. The Morgan fingerprint density at radius 1 is 1.36 bits per heavy atom. The number of carbonyl (C=O) groups is 1. The maximum atomic E-state index is 13.1. The third kappa shape index (κ3) is 4.42. The molecular formula is C18H22FN3O2S. The lowest BCUT2D eigenvalue weighted by atomic mass is 10.2. The first kappa shape index (κ1) is 18.0. The van der Waals surface area contributed by atoms with Gasteiger partial charge in [0.15, 0.2) is 0 Å². The van der Waals surface area contributed by atoms with E-state index in [1.54, 1.807) is 12.1 Å². The fourth-order valence-electron chi connectivity index (χ4n) is 2.79. The summed E-state index contributed by atoms with van der Waals surface area (Å²) in [6.45, 7) is 7.79. The number of rotatable bonds is 5. The fourth-order valence-corrected chi connectivity index (χ4v) is 3.78. The van der Waals surface area contributed by atoms with Crippen molar-refractivity contribution in [2.45, 2.75) is 19.9 Å². The van der Waals surface area contributed by atoms with E-state index in [9.17, 15) is 9.18 Å². The first-order valence-corrected chi connectivity index (χ1v) is 9.19. The Bertz CT molecular complexity index is 726. The average molecular weight is 363 g/mol. The van der Waals surface area contributed by atoms with Gasteiger partial charge in [-0.2, -0.15) is 0 Å². The molecule has 1 aromatic heterocycles. The highest BCUT2D eigenvalue weighted by Crippen LogP contribution is 2.28. The van der Waals surface area contributed by atoms with Crippen molar-refractivity contribution in [1.82, 2.24) is 15.2 Å². The quantitative estimate of drug-likeness (QED) is 0.887. The van der Waals surface area contributed by atoms with Crippen LogP contribution in [0.4, 0.5) is 4.39 Å². The van der Waals surface area contributed by atoms with Crippen LogP contribution in [0.3, 0.4) is 0 Å². The molecule has 0 spiro atoms. The van der Waals surface area contributed by atoms with Crippen LogP contribution in [0.25, 0.3) is 10.6 Å². The van der Waals surface area contributed by atoms with Gasteiger partial charge in [-0.3, -0.25) is 9.69 Å². The van der Waals surface area contributed by atoms with Crippen LogP contribution < -0.4 is 5.32 Å². The van der Waals surface area contributed by atoms with E-state index in [0.29, 0.717) is 17.1 Å². The second-order valence-electron chi connectivity index (χ2n) is 6.15. The zero-order valence-electron chi connectivity index (χ0n) is 14.4. The predicted octanol–water partition coefficient (Wildman–Crippen LogP) is 2.71. The second kappa shape index (κ2) is 8.03. The zero-order valence-corrected chi connectivity index (χ0v) is 15.2. The number of aryl methyl sites for hydroxylation is 1. The summed E-state index contributed by atoms with van der Waals surface area (Å²) in [6, 6.07) is 6.41. The van der Waals surface area contributed by atoms with Gasteiger partial charge in [0.25, 0.3) is 5.91 Å². The number of aromatic nitrogens is 1. The van der Waals surface area contributed by atoms with Crippen LogP contribution in [0.2, 0.25) is 0 Å². The molecule has 2 heterocycles. The predicted molar refractivity (Wildman–Crippen MR) is 96.4 cm³/mol. The number of benzene rings is 1. The van der Waals surface area contributed by atoms with Gasteiger partial charge in [-0.25, -0.2) is 9.37 Å². The number of halogens is 1. The number of morpholine rings is 1. The highest BCUT2D eigenvalue weighted by atomic mass is 32.1. The number of thiazole rings is 1. The third-order valence-electron chi connectivity index (χ3n) is 4.32. The van der Waals surface area contributed by atoms with Gasteiger partial charge in [-0.15, -0.1) is 11.3 Å². The van der Waals surface area contributed by atoms with Crippen LogP contribution in [0.1, 0.15) is 22.3 Å². The Kier molecular flexibility index (Phi) is 5.78. The number of hydrogen-bond acceptors (Lipinski definition) is 5. The molecule has 1 fully saturated rings. The van der Waals surface area contributed by atoms with Crippen LogP contribution >= 0.6 is 11.3 Å². The number of carbonyl (C=O) groups excluding carboxylic acids is 1. The molecule has 0 bridgehead atoms. The molecule has 1 N–H and O–H groups in total. The van der Waals surface area contributed by atoms with Gasteiger partial charge in [0.1, 0.15) is 15.7 Å². The monoisotopic (exact) mass is 363 g/mol. The molecule has 134 valence electrons. The Hall–Kier alpha value is -1.83. The van der Waals surface area contributed by atoms with Crippen LogP contribution in [-0.4, -0.2) is 54.7 Å². The Balaban J connectivity index is 1.63. The largest absolute Gasteiger partial charge is 0.379 e. The molecule has 5 nitrogen and oxygen atoms in total. The van der Waals surface area contributed by atoms with Crippen LogP contribution in [0.5, 0.6) is 0 Å². The van der Waals surface area contributed by atoms with Crippen LogP contribution in [-0.2, 0) is 4.74 Å². The van der Waals surface area contributed by atoms with Crippen molar-refractivity contribution in [3.63, 3.8) is 0 Å². The van der Waals surface area contributed by atoms with Crippen molar-refractivity contribution >= 4 is 17.2 Å². The maximum absolute atomic E-state index is 13.1. The Labute approximate surface area is 150 Å². The molecule has 1 amide bonds. The molecule has 0 radical (unpaired) electrons. The van der Waals surface area contributed by atoms with Gasteiger partial charge in [0.2, 0.25) is 0 Å². The topological polar surface area (TPSA) is 54.5 Å². The number of nitrogens with zero attached hydrogens (tertiary/aromatic N) is 2. The summed E-state index contributed by atoms with van der Waals surface area (Å²) in [4.78, 5) is 19.9. The molecule has 0 unspecified atom stereocenters. The minimum absolute atomic E-state index is 0.108. The standard InChI is InChI=1S/C18H22FN3O2S/c1-12(22-7-9-24-10-8-22)11-20-17(23)16-13(2)21-18(25-16)14-3-5-15(19)6-4-14/h3-6,12H,7-11H2,1-2H3,(H,20,23)/t12-/m1/s1. The van der Waals surface area contributed by atoms with Gasteiger partial charge < -0.3 is 10.1 Å². The number of ether oxygens (including phenoxy) is 1. The molecular weight excluding hydrogens is 341 g/mol. The van der Waals surface area contributed by atoms with Crippen molar-refractivity contribution in [2.75, 3.05) is 32.8 Å². The summed E-state index contributed by atoms with van der Waals surface area (Å²) in [5, 5.41) is 3.73. The van der Waals surface area contributed by atoms with E-state index in [2.05, 4.69) is 22.1 Å². The molecule has 1 aliphatic heterocycles. The number of nitrogens with one attached hydrogen (secondary N) is 1. The molecule has 1 atom stereocenters. The number of hydrogen-bond donors (Lipinski definition) is 1. The Morgan fingerprint density at radius 3 is 2.72 bits per heavy atom. The summed E-state index contributed by atoms with van der Waals surface area (Å²) < 4.78 is 18.4. The van der Waals surface area contributed by atoms with Gasteiger partial charge in [0, 0.05) is 31.2 Å². The zero-order chi connectivity index (χ0) is 17.8. The lowest BCUT2D eigenvalue weighted by Gasteiger charge is -2.32. The van der Waals surface area contributed by atoms with Crippen molar-refractivity contribution in [1.29, 1.82) is 0 Å². The van der Waals surface area contributed by atoms with Gasteiger partial charge in [-0.1, -0.05) is 0 Å². The van der Waals surface area contributed by atoms with E-state index < -0.39 is 0 Å². The van der Waals surface area contributed by atoms with Gasteiger partial charge in [0.05, 0.1) is 18.9 Å². The maximum Gasteiger partial charge on any atom is 0.263 e. The smallest absolute Gasteiger partial charge is 0.263 e. The van der Waals surface area contributed by atoms with Crippen molar-refractivity contribution in [2.24, 2.45) is 0 Å². The molecule has 2 aromatic rings. The summed E-state index contributed by atoms with van der Waals surface area (Å²) in [5.41, 5.74) is 1.51. The molecule has 0 saturated carbocycles. The van der Waals surface area contributed by atoms with Gasteiger partial charge in [-0.05, 0) is 38.1 Å². The van der Waals surface area contributed by atoms with Crippen LogP contribution in [0, 0.1) is 12.7 Å². The third-order valence-corrected chi connectivity index (χ3v) is 5.53. The van der Waals surface area contributed by atoms with E-state index in [4.69, 9.17) is 4.74 Å². The molecule has 1 saturated heterocycles. The fraction of sp³-hybridized carbons (Fsp3) is 0.444. The highest BCUT2D eigenvalue weighted by Gasteiger charge is 2.20. The molecule has 1 aliphatic rings. The summed E-state index contributed by atoms with van der Waals surface area (Å²) in [5.74, 6) is -0.393. The van der Waals surface area contributed by atoms with E-state index in [0.717, 1.165) is 36.9 Å². The van der Waals surface area contributed by atoms with Crippen molar-refractivity contribution < 1.29 is 13.9 Å². The van der Waals surface area contributed by atoms with E-state index in [1.165, 1.54) is 23.5 Å². The van der Waals surface area contributed by atoms with E-state index in [1.807, 2.05) is 6.92 Å². The first-order valence-electron chi connectivity index (χ1n) is 8.38. The molecule has 1 aromatic carbocycles. The molecule has 7 heteroatoms. The average Bonchev–Trinajstić information content (AvgIpc) is 3.02. The van der Waals surface area contributed by atoms with E-state index in [-0.39, 0.29) is 17.8 Å². The van der Waals surface area contributed by atoms with Crippen LogP contribution in [0.15, 0.2) is 24.3 Å². The normalized spacial score (nSPS) is 16.6. The van der Waals surface area contributed by atoms with E-state index >= 15 is 0 Å². The van der Waals surface area contributed by atoms with Gasteiger partial charge >= 0.3 is 0 Å². The minimum Gasteiger partial charge on any atom is -0.379 e. The lowest BCUT2D eigenvalue weighted by molar-refractivity contribution is 0.0204. The Morgan fingerprint density at radius 2 is 2.04 bits per heavy atom. The van der Waals surface area contributed by atoms with Crippen molar-refractivity contribution in [3.8, 4) is 10.6 Å². The SMILES string of the molecule is Cc1nc(-c2ccc(F)cc2)sc1C(=O)NC[C@@H](C)N1CCOCC1. The second-order valence-corrected chi connectivity index (χ2v) is 7.15. The summed E-state index contributed by atoms with van der Waals surface area (Å²) >= 11 is 1.33. The minimum atomic E-state index is -0.285. The number of amides is 1. The molecule has 3 rings (SSSR count). The lowest BCUT2D eigenvalue weighted by Crippen LogP contribution is -2.47. The highest BCUT2D eigenvalue weighted by molar-refractivity contribution is 7.17. The summed E-state index contributed by atoms with van der Waals surface area (Å²) in [7, 11) is 0. The first-order chi connectivity index (χ1) is 12.0. The molecule has 25 heavy (non-hydrogen) atoms. The summed E-state index contributed by atoms with van der Waals surface area (Å²) in [6.07, 6.45) is 0.